The number of pyridine rings is 1. The van der Waals surface area contributed by atoms with Gasteiger partial charge in [-0.15, -0.1) is 0 Å². The minimum atomic E-state index is 0.235. The molecule has 1 N–H and O–H groups in total. The molecule has 0 fully saturated rings. The maximum Gasteiger partial charge on any atom is 0.314 e. The summed E-state index contributed by atoms with van der Waals surface area (Å²) in [5.74, 6) is 0.720. The molecule has 0 aromatic carbocycles. The summed E-state index contributed by atoms with van der Waals surface area (Å²) in [6, 6.07) is 3.85. The Morgan fingerprint density at radius 3 is 3.08 bits per heavy atom. The molecule has 2 rings (SSSR count). The van der Waals surface area contributed by atoms with Crippen LogP contribution in [0.25, 0.3) is 0 Å². The number of hydrogen-bond donors (Lipinski definition) is 1. The third-order valence-corrected chi connectivity index (χ3v) is 1.75. The number of rotatable bonds is 2. The molecule has 2 heterocycles. The van der Waals surface area contributed by atoms with Crippen molar-refractivity contribution < 1.29 is 4.52 Å². The first-order valence-electron chi connectivity index (χ1n) is 3.78. The van der Waals surface area contributed by atoms with Gasteiger partial charge in [0, 0.05) is 18.8 Å². The van der Waals surface area contributed by atoms with E-state index < -0.39 is 0 Å². The zero-order valence-electron chi connectivity index (χ0n) is 6.73. The summed E-state index contributed by atoms with van der Waals surface area (Å²) in [6.07, 6.45) is 4.17. The van der Waals surface area contributed by atoms with Gasteiger partial charge in [0.05, 0.1) is 0 Å². The Hall–Kier alpha value is -1.49. The largest absolute Gasteiger partial charge is 0.348 e. The topological polar surface area (TPSA) is 54.7 Å². The fourth-order valence-corrected chi connectivity index (χ4v) is 1.18. The number of nitrogens with one attached hydrogen (secondary N) is 1. The van der Waals surface area contributed by atoms with Gasteiger partial charge < -0.3 is 4.52 Å². The average molecular weight is 193 g/mol. The zero-order chi connectivity index (χ0) is 9.10. The quantitative estimate of drug-likeness (QED) is 0.738. The highest BCUT2D eigenvalue weighted by molar-refractivity contribution is 7.71. The predicted octanol–water partition coefficient (Wildman–Crippen LogP) is 1.72. The molecule has 0 atom stereocenters. The van der Waals surface area contributed by atoms with Crippen molar-refractivity contribution in [2.75, 3.05) is 0 Å². The van der Waals surface area contributed by atoms with Crippen molar-refractivity contribution in [2.24, 2.45) is 0 Å². The fraction of sp³-hybridized carbons (Fsp3) is 0.125. The summed E-state index contributed by atoms with van der Waals surface area (Å²) in [5.41, 5.74) is 1.07. The van der Waals surface area contributed by atoms with Crippen LogP contribution in [0.2, 0.25) is 0 Å². The molecule has 0 aliphatic rings. The summed E-state index contributed by atoms with van der Waals surface area (Å²) >= 11 is 4.72. The highest BCUT2D eigenvalue weighted by atomic mass is 32.1. The van der Waals surface area contributed by atoms with Gasteiger partial charge in [-0.1, -0.05) is 6.07 Å². The van der Waals surface area contributed by atoms with Gasteiger partial charge in [0.15, 0.2) is 0 Å². The first-order valence-corrected chi connectivity index (χ1v) is 4.19. The predicted molar refractivity (Wildman–Crippen MR) is 48.7 cm³/mol. The first-order chi connectivity index (χ1) is 6.34. The third-order valence-electron chi connectivity index (χ3n) is 1.58. The molecule has 0 spiro atoms. The highest BCUT2D eigenvalue weighted by Gasteiger charge is 1.99. The molecule has 2 aromatic rings. The van der Waals surface area contributed by atoms with E-state index in [4.69, 9.17) is 16.7 Å². The van der Waals surface area contributed by atoms with Crippen molar-refractivity contribution in [3.05, 3.63) is 40.8 Å². The van der Waals surface area contributed by atoms with E-state index in [0.717, 1.165) is 11.4 Å². The number of aromatic amines is 1. The third kappa shape index (κ3) is 2.00. The van der Waals surface area contributed by atoms with E-state index in [-0.39, 0.29) is 4.84 Å². The van der Waals surface area contributed by atoms with E-state index in [2.05, 4.69) is 15.1 Å². The van der Waals surface area contributed by atoms with Crippen LogP contribution in [-0.2, 0) is 6.42 Å². The van der Waals surface area contributed by atoms with Crippen LogP contribution >= 0.6 is 12.2 Å². The van der Waals surface area contributed by atoms with Gasteiger partial charge in [-0.25, -0.2) is 5.16 Å². The Labute approximate surface area is 79.6 Å². The van der Waals surface area contributed by atoms with Crippen LogP contribution in [0.15, 0.2) is 29.0 Å². The molecule has 0 radical (unpaired) electrons. The zero-order valence-corrected chi connectivity index (χ0v) is 7.54. The molecule has 0 unspecified atom stereocenters. The van der Waals surface area contributed by atoms with E-state index in [1.54, 1.807) is 12.4 Å². The minimum absolute atomic E-state index is 0.235. The van der Waals surface area contributed by atoms with Crippen LogP contribution in [-0.4, -0.2) is 15.1 Å². The number of aromatic nitrogens is 3. The number of nitrogens with zero attached hydrogens (tertiary/aromatic N) is 2. The van der Waals surface area contributed by atoms with Gasteiger partial charge >= 0.3 is 4.84 Å². The summed E-state index contributed by atoms with van der Waals surface area (Å²) in [6.45, 7) is 0. The molecule has 4 nitrogen and oxygen atoms in total. The second kappa shape index (κ2) is 3.49. The standard InChI is InChI=1S/C8H7N3OS/c13-8-10-7(11-12-8)4-6-2-1-3-9-5-6/h1-3,5H,4H2,(H,10,11,13). The Kier molecular flexibility index (Phi) is 2.18. The maximum absolute atomic E-state index is 4.79. The lowest BCUT2D eigenvalue weighted by atomic mass is 10.2. The Morgan fingerprint density at radius 2 is 2.46 bits per heavy atom. The molecule has 66 valence electrons. The van der Waals surface area contributed by atoms with Gasteiger partial charge in [0.2, 0.25) is 0 Å². The lowest BCUT2D eigenvalue weighted by molar-refractivity contribution is 0.399. The second-order valence-electron chi connectivity index (χ2n) is 2.57. The molecule has 0 amide bonds. The monoisotopic (exact) mass is 193 g/mol. The average Bonchev–Trinajstić information content (AvgIpc) is 2.53. The normalized spacial score (nSPS) is 10.2. The highest BCUT2D eigenvalue weighted by Crippen LogP contribution is 2.02. The fourth-order valence-electron chi connectivity index (χ4n) is 1.03. The van der Waals surface area contributed by atoms with Gasteiger partial charge in [0.1, 0.15) is 5.82 Å². The van der Waals surface area contributed by atoms with Crippen molar-refractivity contribution in [3.8, 4) is 0 Å². The Bertz CT molecular complexity index is 434. The van der Waals surface area contributed by atoms with Crippen molar-refractivity contribution in [2.45, 2.75) is 6.42 Å². The molecule has 0 saturated carbocycles. The lowest BCUT2D eigenvalue weighted by Crippen LogP contribution is -1.90. The maximum atomic E-state index is 4.79. The van der Waals surface area contributed by atoms with Crippen LogP contribution in [0.4, 0.5) is 0 Å². The minimum Gasteiger partial charge on any atom is -0.348 e. The molecular formula is C8H7N3OS. The van der Waals surface area contributed by atoms with Gasteiger partial charge in [-0.05, 0) is 23.8 Å². The smallest absolute Gasteiger partial charge is 0.314 e. The molecule has 13 heavy (non-hydrogen) atoms. The second-order valence-corrected chi connectivity index (χ2v) is 2.92. The summed E-state index contributed by atoms with van der Waals surface area (Å²) < 4.78 is 4.79. The van der Waals surface area contributed by atoms with Crippen LogP contribution in [0, 0.1) is 4.84 Å². The van der Waals surface area contributed by atoms with Gasteiger partial charge in [-0.2, -0.15) is 4.98 Å². The van der Waals surface area contributed by atoms with Gasteiger partial charge in [-0.3, -0.25) is 4.98 Å². The van der Waals surface area contributed by atoms with E-state index in [1.807, 2.05) is 12.1 Å². The number of H-pyrrole nitrogens is 1. The summed E-state index contributed by atoms with van der Waals surface area (Å²) in [4.78, 5) is 8.20. The van der Waals surface area contributed by atoms with E-state index in [0.29, 0.717) is 6.42 Å². The Morgan fingerprint density at radius 1 is 1.54 bits per heavy atom. The SMILES string of the molecule is S=c1nc(Cc2cccnc2)[nH]o1. The van der Waals surface area contributed by atoms with E-state index in [9.17, 15) is 0 Å². The van der Waals surface area contributed by atoms with E-state index >= 15 is 0 Å². The summed E-state index contributed by atoms with van der Waals surface area (Å²) in [7, 11) is 0. The molecule has 0 bridgehead atoms. The van der Waals surface area contributed by atoms with Crippen molar-refractivity contribution in [1.29, 1.82) is 0 Å². The van der Waals surface area contributed by atoms with Crippen LogP contribution in [0.1, 0.15) is 11.4 Å². The molecule has 0 aliphatic carbocycles. The van der Waals surface area contributed by atoms with Crippen LogP contribution < -0.4 is 0 Å². The van der Waals surface area contributed by atoms with Crippen molar-refractivity contribution in [3.63, 3.8) is 0 Å². The van der Waals surface area contributed by atoms with Crippen molar-refractivity contribution in [1.82, 2.24) is 15.1 Å². The molecule has 0 saturated heterocycles. The molecular weight excluding hydrogens is 186 g/mol. The molecule has 2 aromatic heterocycles. The molecule has 0 aliphatic heterocycles. The first kappa shape index (κ1) is 8.12. The van der Waals surface area contributed by atoms with Crippen molar-refractivity contribution >= 4 is 12.2 Å². The van der Waals surface area contributed by atoms with Gasteiger partial charge in [0.25, 0.3) is 0 Å². The summed E-state index contributed by atoms with van der Waals surface area (Å²) in [5, 5.41) is 2.64. The lowest BCUT2D eigenvalue weighted by Gasteiger charge is -1.93. The Balaban J connectivity index is 2.20. The number of hydrogen-bond acceptors (Lipinski definition) is 4. The van der Waals surface area contributed by atoms with Crippen LogP contribution in [0.3, 0.4) is 0 Å². The molecule has 5 heteroatoms. The van der Waals surface area contributed by atoms with Crippen LogP contribution in [0.5, 0.6) is 0 Å². The van der Waals surface area contributed by atoms with E-state index in [1.165, 1.54) is 0 Å².